The van der Waals surface area contributed by atoms with Crippen LogP contribution in [0.3, 0.4) is 0 Å². The molecule has 0 unspecified atom stereocenters. The van der Waals surface area contributed by atoms with E-state index in [0.717, 1.165) is 5.56 Å². The predicted octanol–water partition coefficient (Wildman–Crippen LogP) is 1.07. The highest BCUT2D eigenvalue weighted by atomic mass is 35.5. The second kappa shape index (κ2) is 5.79. The second-order valence-corrected chi connectivity index (χ2v) is 2.96. The Kier molecular flexibility index (Phi) is 4.33. The van der Waals surface area contributed by atoms with E-state index < -0.39 is 0 Å². The molecule has 6 heteroatoms. The summed E-state index contributed by atoms with van der Waals surface area (Å²) in [4.78, 5) is 9.51. The topological polar surface area (TPSA) is 76.6 Å². The number of alkyl halides is 1. The zero-order valence-electron chi connectivity index (χ0n) is 7.89. The number of anilines is 1. The third-order valence-corrected chi connectivity index (χ3v) is 1.96. The average Bonchev–Trinajstić information content (AvgIpc) is 2.29. The van der Waals surface area contributed by atoms with Crippen molar-refractivity contribution in [2.24, 2.45) is 0 Å². The summed E-state index contributed by atoms with van der Waals surface area (Å²) >= 11 is 5.58. The van der Waals surface area contributed by atoms with Gasteiger partial charge in [-0.25, -0.2) is 9.97 Å². The summed E-state index contributed by atoms with van der Waals surface area (Å²) in [5, 5.41) is 17.1. The quantitative estimate of drug-likeness (QED) is 0.562. The van der Waals surface area contributed by atoms with Gasteiger partial charge in [-0.05, 0) is 0 Å². The zero-order chi connectivity index (χ0) is 11.1. The molecule has 0 saturated heterocycles. The fourth-order valence-corrected chi connectivity index (χ4v) is 1.09. The van der Waals surface area contributed by atoms with Crippen molar-refractivity contribution in [3.8, 4) is 12.1 Å². The zero-order valence-corrected chi connectivity index (χ0v) is 8.65. The van der Waals surface area contributed by atoms with Crippen LogP contribution in [0, 0.1) is 22.7 Å². The molecule has 0 N–H and O–H groups in total. The number of hydrogen-bond acceptors (Lipinski definition) is 5. The number of hydrogen-bond donors (Lipinski definition) is 0. The average molecular weight is 222 g/mol. The van der Waals surface area contributed by atoms with Crippen molar-refractivity contribution in [2.75, 3.05) is 18.0 Å². The third kappa shape index (κ3) is 3.08. The van der Waals surface area contributed by atoms with Gasteiger partial charge in [0.2, 0.25) is 5.95 Å². The molecule has 0 aliphatic carbocycles. The first kappa shape index (κ1) is 11.2. The predicted molar refractivity (Wildman–Crippen MR) is 55.0 cm³/mol. The highest BCUT2D eigenvalue weighted by Gasteiger charge is 2.07. The lowest BCUT2D eigenvalue weighted by atomic mass is 10.4. The van der Waals surface area contributed by atoms with E-state index in [2.05, 4.69) is 9.97 Å². The minimum Gasteiger partial charge on any atom is -0.314 e. The Hall–Kier alpha value is -1.85. The van der Waals surface area contributed by atoms with Gasteiger partial charge in [-0.1, -0.05) is 0 Å². The largest absolute Gasteiger partial charge is 0.314 e. The lowest BCUT2D eigenvalue weighted by molar-refractivity contribution is 0.892. The molecule has 0 spiro atoms. The Bertz CT molecular complexity index is 372. The van der Waals surface area contributed by atoms with E-state index in [0.29, 0.717) is 11.8 Å². The Balaban J connectivity index is 2.83. The molecular formula is C9H8ClN5. The second-order valence-electron chi connectivity index (χ2n) is 2.70. The molecule has 1 aromatic heterocycles. The molecule has 0 aliphatic rings. The highest BCUT2D eigenvalue weighted by molar-refractivity contribution is 6.17. The van der Waals surface area contributed by atoms with Gasteiger partial charge in [0.1, 0.15) is 13.1 Å². The van der Waals surface area contributed by atoms with Crippen molar-refractivity contribution in [3.05, 3.63) is 18.0 Å². The molecule has 0 aromatic carbocycles. The number of nitriles is 2. The maximum atomic E-state index is 8.55. The Morgan fingerprint density at radius 2 is 1.73 bits per heavy atom. The van der Waals surface area contributed by atoms with Crippen LogP contribution in [0.5, 0.6) is 0 Å². The van der Waals surface area contributed by atoms with E-state index in [1.807, 2.05) is 12.1 Å². The molecule has 0 amide bonds. The monoisotopic (exact) mass is 221 g/mol. The SMILES string of the molecule is N#CCN(CC#N)c1ncc(CCl)cn1. The summed E-state index contributed by atoms with van der Waals surface area (Å²) in [6, 6.07) is 3.90. The summed E-state index contributed by atoms with van der Waals surface area (Å²) in [5.74, 6) is 0.712. The van der Waals surface area contributed by atoms with Crippen LogP contribution in [0.15, 0.2) is 12.4 Å². The van der Waals surface area contributed by atoms with E-state index in [-0.39, 0.29) is 13.1 Å². The van der Waals surface area contributed by atoms with Crippen LogP contribution in [0.4, 0.5) is 5.95 Å². The van der Waals surface area contributed by atoms with Crippen molar-refractivity contribution in [1.29, 1.82) is 10.5 Å². The summed E-state index contributed by atoms with van der Waals surface area (Å²) in [5.41, 5.74) is 0.800. The molecule has 1 aromatic rings. The van der Waals surface area contributed by atoms with Crippen molar-refractivity contribution >= 4 is 17.5 Å². The molecule has 0 aliphatic heterocycles. The first-order valence-electron chi connectivity index (χ1n) is 4.17. The number of rotatable bonds is 4. The van der Waals surface area contributed by atoms with Gasteiger partial charge in [-0.3, -0.25) is 0 Å². The molecule has 76 valence electrons. The summed E-state index contributed by atoms with van der Waals surface area (Å²) < 4.78 is 0. The van der Waals surface area contributed by atoms with Crippen LogP contribution in [0.1, 0.15) is 5.56 Å². The summed E-state index contributed by atoms with van der Waals surface area (Å²) in [6.45, 7) is 0.182. The van der Waals surface area contributed by atoms with Crippen LogP contribution in [0.2, 0.25) is 0 Å². The molecular weight excluding hydrogens is 214 g/mol. The minimum absolute atomic E-state index is 0.0911. The van der Waals surface area contributed by atoms with E-state index in [1.54, 1.807) is 12.4 Å². The van der Waals surface area contributed by atoms with Gasteiger partial charge in [-0.2, -0.15) is 10.5 Å². The Morgan fingerprint density at radius 1 is 1.20 bits per heavy atom. The molecule has 0 bridgehead atoms. The van der Waals surface area contributed by atoms with E-state index in [1.165, 1.54) is 4.90 Å². The van der Waals surface area contributed by atoms with Gasteiger partial charge in [0.05, 0.1) is 18.0 Å². The molecule has 0 saturated carbocycles. The summed E-state index contributed by atoms with van der Waals surface area (Å²) in [6.07, 6.45) is 3.16. The fourth-order valence-electron chi connectivity index (χ4n) is 0.948. The maximum Gasteiger partial charge on any atom is 0.226 e. The molecule has 0 radical (unpaired) electrons. The van der Waals surface area contributed by atoms with Gasteiger partial charge in [-0.15, -0.1) is 11.6 Å². The van der Waals surface area contributed by atoms with Crippen LogP contribution >= 0.6 is 11.6 Å². The molecule has 0 fully saturated rings. The minimum atomic E-state index is 0.0911. The van der Waals surface area contributed by atoms with E-state index >= 15 is 0 Å². The van der Waals surface area contributed by atoms with Gasteiger partial charge in [0.25, 0.3) is 0 Å². The van der Waals surface area contributed by atoms with Crippen LogP contribution in [0.25, 0.3) is 0 Å². The molecule has 5 nitrogen and oxygen atoms in total. The van der Waals surface area contributed by atoms with E-state index in [4.69, 9.17) is 22.1 Å². The lowest BCUT2D eigenvalue weighted by Gasteiger charge is -2.14. The van der Waals surface area contributed by atoms with Crippen LogP contribution in [-0.2, 0) is 5.88 Å². The fraction of sp³-hybridized carbons (Fsp3) is 0.333. The molecule has 15 heavy (non-hydrogen) atoms. The standard InChI is InChI=1S/C9H8ClN5/c10-5-8-6-13-9(14-7-8)15(3-1-11)4-2-12/h6-7H,3-5H2. The first-order valence-corrected chi connectivity index (χ1v) is 4.71. The molecule has 1 rings (SSSR count). The number of aromatic nitrogens is 2. The maximum absolute atomic E-state index is 8.55. The van der Waals surface area contributed by atoms with Gasteiger partial charge in [0.15, 0.2) is 0 Å². The molecule has 0 atom stereocenters. The third-order valence-electron chi connectivity index (χ3n) is 1.65. The lowest BCUT2D eigenvalue weighted by Crippen LogP contribution is -2.25. The molecule has 1 heterocycles. The summed E-state index contributed by atoms with van der Waals surface area (Å²) in [7, 11) is 0. The van der Waals surface area contributed by atoms with Gasteiger partial charge in [0, 0.05) is 18.0 Å². The van der Waals surface area contributed by atoms with Crippen LogP contribution in [-0.4, -0.2) is 23.1 Å². The Labute approximate surface area is 92.5 Å². The van der Waals surface area contributed by atoms with E-state index in [9.17, 15) is 0 Å². The van der Waals surface area contributed by atoms with Crippen molar-refractivity contribution in [2.45, 2.75) is 5.88 Å². The smallest absolute Gasteiger partial charge is 0.226 e. The highest BCUT2D eigenvalue weighted by Crippen LogP contribution is 2.07. The number of halogens is 1. The first-order chi connectivity index (χ1) is 7.31. The van der Waals surface area contributed by atoms with Crippen molar-refractivity contribution in [3.63, 3.8) is 0 Å². The Morgan fingerprint density at radius 3 is 2.13 bits per heavy atom. The van der Waals surface area contributed by atoms with Crippen LogP contribution < -0.4 is 4.90 Å². The van der Waals surface area contributed by atoms with Gasteiger partial charge >= 0.3 is 0 Å². The normalized spacial score (nSPS) is 9.00. The van der Waals surface area contributed by atoms with Gasteiger partial charge < -0.3 is 4.90 Å². The van der Waals surface area contributed by atoms with Crippen molar-refractivity contribution in [1.82, 2.24) is 9.97 Å². The van der Waals surface area contributed by atoms with Crippen molar-refractivity contribution < 1.29 is 0 Å². The number of nitrogens with zero attached hydrogens (tertiary/aromatic N) is 5.